The Morgan fingerprint density at radius 3 is 3.03 bits per heavy atom. The molecule has 34 heavy (non-hydrogen) atoms. The Labute approximate surface area is 196 Å². The van der Waals surface area contributed by atoms with Crippen molar-refractivity contribution in [3.8, 4) is 0 Å². The Morgan fingerprint density at radius 1 is 1.26 bits per heavy atom. The van der Waals surface area contributed by atoms with Gasteiger partial charge in [0.1, 0.15) is 30.0 Å². The summed E-state index contributed by atoms with van der Waals surface area (Å²) >= 11 is 0. The van der Waals surface area contributed by atoms with Crippen LogP contribution < -0.4 is 11.1 Å². The van der Waals surface area contributed by atoms with Crippen molar-refractivity contribution in [3.63, 3.8) is 0 Å². The van der Waals surface area contributed by atoms with Crippen molar-refractivity contribution in [2.24, 2.45) is 5.10 Å². The van der Waals surface area contributed by atoms with Crippen LogP contribution in [-0.4, -0.2) is 50.9 Å². The van der Waals surface area contributed by atoms with E-state index in [-0.39, 0.29) is 12.0 Å². The Hall–Kier alpha value is -4.05. The van der Waals surface area contributed by atoms with Gasteiger partial charge in [-0.15, -0.1) is 0 Å². The second kappa shape index (κ2) is 9.44. The number of nitrogens with zero attached hydrogens (tertiary/aromatic N) is 6. The molecule has 0 amide bonds. The average Bonchev–Trinajstić information content (AvgIpc) is 3.45. The van der Waals surface area contributed by atoms with Crippen LogP contribution in [0.1, 0.15) is 24.0 Å². The summed E-state index contributed by atoms with van der Waals surface area (Å²) in [6, 6.07) is 12.4. The van der Waals surface area contributed by atoms with E-state index in [0.29, 0.717) is 23.7 Å². The van der Waals surface area contributed by atoms with E-state index in [2.05, 4.69) is 25.5 Å². The van der Waals surface area contributed by atoms with Crippen LogP contribution in [0.25, 0.3) is 10.9 Å². The van der Waals surface area contributed by atoms with Crippen LogP contribution >= 0.6 is 0 Å². The molecule has 0 radical (unpaired) electrons. The molecule has 1 unspecified atom stereocenters. The van der Waals surface area contributed by atoms with Crippen molar-refractivity contribution in [2.75, 3.05) is 24.7 Å². The normalized spacial score (nSPS) is 16.1. The van der Waals surface area contributed by atoms with Gasteiger partial charge in [-0.2, -0.15) is 10.2 Å². The van der Waals surface area contributed by atoms with E-state index in [1.54, 1.807) is 25.6 Å². The maximum atomic E-state index is 13.5. The maximum absolute atomic E-state index is 13.5. The number of benzene rings is 2. The quantitative estimate of drug-likeness (QED) is 0.405. The number of hydrogen-bond donors (Lipinski definition) is 2. The number of fused-ring (bicyclic) bond motifs is 1. The second-order valence-electron chi connectivity index (χ2n) is 8.09. The van der Waals surface area contributed by atoms with E-state index in [4.69, 9.17) is 10.5 Å². The van der Waals surface area contributed by atoms with E-state index in [1.165, 1.54) is 18.5 Å². The van der Waals surface area contributed by atoms with Crippen LogP contribution in [0.4, 0.5) is 21.7 Å². The molecule has 0 saturated carbocycles. The molecule has 4 aromatic rings. The van der Waals surface area contributed by atoms with Crippen LogP contribution in [0.15, 0.2) is 60.1 Å². The molecule has 1 atom stereocenters. The summed E-state index contributed by atoms with van der Waals surface area (Å²) in [5.41, 5.74) is 9.35. The van der Waals surface area contributed by atoms with Gasteiger partial charge in [0.05, 0.1) is 30.0 Å². The van der Waals surface area contributed by atoms with Crippen molar-refractivity contribution in [1.29, 1.82) is 0 Å². The lowest BCUT2D eigenvalue weighted by molar-refractivity contribution is -0.00191. The average molecular weight is 461 g/mol. The zero-order valence-electron chi connectivity index (χ0n) is 18.7. The van der Waals surface area contributed by atoms with Crippen molar-refractivity contribution < 1.29 is 9.13 Å². The lowest BCUT2D eigenvalue weighted by Crippen LogP contribution is -2.25. The first-order valence-electron chi connectivity index (χ1n) is 11.0. The molecular formula is C24H25FN8O. The van der Waals surface area contributed by atoms with Crippen molar-refractivity contribution in [2.45, 2.75) is 25.6 Å². The van der Waals surface area contributed by atoms with Gasteiger partial charge in [-0.25, -0.2) is 14.4 Å². The van der Waals surface area contributed by atoms with E-state index >= 15 is 0 Å². The molecule has 1 aliphatic heterocycles. The minimum atomic E-state index is -0.258. The molecule has 2 aromatic heterocycles. The number of nitrogen functional groups attached to an aromatic ring is 1. The van der Waals surface area contributed by atoms with Crippen molar-refractivity contribution in [3.05, 3.63) is 71.9 Å². The molecule has 0 aliphatic carbocycles. The maximum Gasteiger partial charge on any atom is 0.145 e. The number of halogens is 1. The highest BCUT2D eigenvalue weighted by Crippen LogP contribution is 2.25. The first-order valence-corrected chi connectivity index (χ1v) is 11.0. The highest BCUT2D eigenvalue weighted by molar-refractivity contribution is 5.93. The third kappa shape index (κ3) is 4.53. The van der Waals surface area contributed by atoms with E-state index in [1.807, 2.05) is 34.0 Å². The highest BCUT2D eigenvalue weighted by Gasteiger charge is 2.22. The van der Waals surface area contributed by atoms with Gasteiger partial charge in [-0.3, -0.25) is 9.69 Å². The zero-order chi connectivity index (χ0) is 23.5. The lowest BCUT2D eigenvalue weighted by Gasteiger charge is -2.19. The fraction of sp³-hybridized carbons (Fsp3) is 0.250. The highest BCUT2D eigenvalue weighted by atomic mass is 19.1. The van der Waals surface area contributed by atoms with Gasteiger partial charge in [-0.05, 0) is 48.7 Å². The van der Waals surface area contributed by atoms with Gasteiger partial charge in [0, 0.05) is 24.7 Å². The third-order valence-electron chi connectivity index (χ3n) is 5.82. The summed E-state index contributed by atoms with van der Waals surface area (Å²) in [5.74, 6) is 0.626. The van der Waals surface area contributed by atoms with Gasteiger partial charge in [-0.1, -0.05) is 12.1 Å². The molecule has 1 fully saturated rings. The van der Waals surface area contributed by atoms with Gasteiger partial charge in [0.15, 0.2) is 0 Å². The number of anilines is 3. The second-order valence-corrected chi connectivity index (χ2v) is 8.09. The molecule has 174 valence electrons. The Kier molecular flexibility index (Phi) is 6.05. The van der Waals surface area contributed by atoms with Crippen LogP contribution in [0.2, 0.25) is 0 Å². The van der Waals surface area contributed by atoms with Crippen LogP contribution in [0, 0.1) is 5.82 Å². The Bertz CT molecular complexity index is 1340. The first-order chi connectivity index (χ1) is 16.6. The molecule has 3 N–H and O–H groups in total. The number of rotatable bonds is 7. The number of hydrogen-bond acceptors (Lipinski definition) is 8. The predicted octanol–water partition coefficient (Wildman–Crippen LogP) is 3.74. The molecule has 3 heterocycles. The number of nitrogens with one attached hydrogen (secondary N) is 1. The minimum Gasteiger partial charge on any atom is -0.383 e. The summed E-state index contributed by atoms with van der Waals surface area (Å²) in [4.78, 5) is 8.48. The summed E-state index contributed by atoms with van der Waals surface area (Å²) in [7, 11) is 1.68. The SMILES string of the molecule is COC1CCCN1/N=C/c1c(N)ncnc1Nc1ccc2c(cnn2Cc2cccc(F)c2)c1. The topological polar surface area (TPSA) is 106 Å². The number of hydrazone groups is 1. The van der Waals surface area contributed by atoms with Crippen molar-refractivity contribution in [1.82, 2.24) is 24.8 Å². The van der Waals surface area contributed by atoms with Gasteiger partial charge < -0.3 is 15.8 Å². The van der Waals surface area contributed by atoms with Gasteiger partial charge in [0.25, 0.3) is 0 Å². The molecule has 9 nitrogen and oxygen atoms in total. The fourth-order valence-electron chi connectivity index (χ4n) is 4.10. The number of ether oxygens (including phenoxy) is 1. The van der Waals surface area contributed by atoms with E-state index in [0.717, 1.165) is 41.5 Å². The zero-order valence-corrected chi connectivity index (χ0v) is 18.7. The standard InChI is InChI=1S/C24H25FN8O/c1-34-22-6-3-9-32(22)30-13-20-23(26)27-15-28-24(20)31-19-7-8-21-17(11-19)12-29-33(21)14-16-4-2-5-18(25)10-16/h2,4-5,7-8,10-13,15,22H,3,6,9,14H2,1H3,(H3,26,27,28,31)/b30-13+. The number of nitrogens with two attached hydrogens (primary N) is 1. The molecule has 0 bridgehead atoms. The molecule has 2 aromatic carbocycles. The Balaban J connectivity index is 1.38. The number of aromatic nitrogens is 4. The lowest BCUT2D eigenvalue weighted by atomic mass is 10.2. The molecule has 1 saturated heterocycles. The smallest absolute Gasteiger partial charge is 0.145 e. The molecular weight excluding hydrogens is 435 g/mol. The van der Waals surface area contributed by atoms with Gasteiger partial charge in [0.2, 0.25) is 0 Å². The summed E-state index contributed by atoms with van der Waals surface area (Å²) < 4.78 is 20.8. The monoisotopic (exact) mass is 460 g/mol. The number of methoxy groups -OCH3 is 1. The molecule has 1 aliphatic rings. The summed E-state index contributed by atoms with van der Waals surface area (Å²) in [5, 5.41) is 15.2. The van der Waals surface area contributed by atoms with E-state index < -0.39 is 0 Å². The largest absolute Gasteiger partial charge is 0.383 e. The first kappa shape index (κ1) is 21.8. The van der Waals surface area contributed by atoms with Gasteiger partial charge >= 0.3 is 0 Å². The van der Waals surface area contributed by atoms with Crippen LogP contribution in [0.5, 0.6) is 0 Å². The molecule has 10 heteroatoms. The molecule has 5 rings (SSSR count). The van der Waals surface area contributed by atoms with Crippen LogP contribution in [-0.2, 0) is 11.3 Å². The Morgan fingerprint density at radius 2 is 2.18 bits per heavy atom. The van der Waals surface area contributed by atoms with Crippen molar-refractivity contribution >= 4 is 34.4 Å². The summed E-state index contributed by atoms with van der Waals surface area (Å²) in [6.07, 6.45) is 6.80. The minimum absolute atomic E-state index is 0.0372. The summed E-state index contributed by atoms with van der Waals surface area (Å²) in [6.45, 7) is 1.30. The van der Waals surface area contributed by atoms with Crippen LogP contribution in [0.3, 0.4) is 0 Å². The predicted molar refractivity (Wildman–Crippen MR) is 129 cm³/mol. The molecule has 0 spiro atoms. The van der Waals surface area contributed by atoms with E-state index in [9.17, 15) is 4.39 Å². The third-order valence-corrected chi connectivity index (χ3v) is 5.82. The fourth-order valence-corrected chi connectivity index (χ4v) is 4.10.